The minimum Gasteiger partial charge on any atom is -0.283 e. The maximum absolute atomic E-state index is 11.3. The number of Topliss-reactive ketones (excluding diaryl/α,β-unsaturated/α-hetero) is 1. The predicted octanol–water partition coefficient (Wildman–Crippen LogP) is 1.64. The standard InChI is InChI=1S/C8H3ClN3O2/c9-4-1-2-6-5(3-4)7(13)8(14)12(6)11-10/h1-3H/q+1. The fraction of sp³-hybridized carbons (Fsp3) is 0. The Morgan fingerprint density at radius 2 is 2.07 bits per heavy atom. The van der Waals surface area contributed by atoms with E-state index in [4.69, 9.17) is 17.0 Å². The molecule has 1 aromatic rings. The average molecular weight is 209 g/mol. The molecule has 0 saturated heterocycles. The van der Waals surface area contributed by atoms with Gasteiger partial charge in [0.1, 0.15) is 5.69 Å². The molecule has 0 atom stereocenters. The van der Waals surface area contributed by atoms with Crippen molar-refractivity contribution < 1.29 is 9.59 Å². The lowest BCUT2D eigenvalue weighted by molar-refractivity contribution is -0.113. The normalized spacial score (nSPS) is 14.1. The Bertz CT molecular complexity index is 492. The zero-order valence-electron chi connectivity index (χ0n) is 6.77. The highest BCUT2D eigenvalue weighted by Gasteiger charge is 2.44. The molecule has 1 aromatic carbocycles. The summed E-state index contributed by atoms with van der Waals surface area (Å²) in [5.41, 5.74) is 0.396. The zero-order chi connectivity index (χ0) is 10.3. The maximum atomic E-state index is 11.3. The third-order valence-electron chi connectivity index (χ3n) is 1.91. The summed E-state index contributed by atoms with van der Waals surface area (Å²) >= 11 is 5.65. The van der Waals surface area contributed by atoms with Crippen LogP contribution in [0.5, 0.6) is 0 Å². The number of carbonyl (C=O) groups excluding carboxylic acids is 2. The Balaban J connectivity index is 2.69. The van der Waals surface area contributed by atoms with Crippen LogP contribution in [-0.2, 0) is 4.79 Å². The maximum Gasteiger partial charge on any atom is 0.375 e. The number of halogens is 1. The number of hydrogen-bond acceptors (Lipinski definition) is 3. The molecule has 0 saturated carbocycles. The second-order valence-corrected chi connectivity index (χ2v) is 3.13. The number of anilines is 1. The lowest BCUT2D eigenvalue weighted by Gasteiger charge is -1.93. The topological polar surface area (TPSA) is 65.5 Å². The van der Waals surface area contributed by atoms with Gasteiger partial charge in [-0.1, -0.05) is 11.6 Å². The zero-order valence-corrected chi connectivity index (χ0v) is 7.52. The minimum atomic E-state index is -0.884. The Morgan fingerprint density at radius 1 is 1.36 bits per heavy atom. The van der Waals surface area contributed by atoms with E-state index in [-0.39, 0.29) is 11.3 Å². The Morgan fingerprint density at radius 3 is 2.71 bits per heavy atom. The SMILES string of the molecule is N#[N+]N1C(=O)C(=O)c2cc(Cl)ccc21. The second-order valence-electron chi connectivity index (χ2n) is 2.70. The molecule has 0 unspecified atom stereocenters. The van der Waals surface area contributed by atoms with Crippen molar-refractivity contribution in [2.75, 3.05) is 5.01 Å². The van der Waals surface area contributed by atoms with Gasteiger partial charge >= 0.3 is 11.0 Å². The number of fused-ring (bicyclic) bond motifs is 1. The van der Waals surface area contributed by atoms with Crippen LogP contribution in [0.4, 0.5) is 5.69 Å². The Labute approximate surface area is 83.5 Å². The van der Waals surface area contributed by atoms with E-state index in [2.05, 4.69) is 5.08 Å². The Hall–Kier alpha value is -1.93. The van der Waals surface area contributed by atoms with E-state index in [1.165, 1.54) is 18.2 Å². The molecule has 0 aliphatic carbocycles. The van der Waals surface area contributed by atoms with Crippen LogP contribution in [0.15, 0.2) is 18.2 Å². The van der Waals surface area contributed by atoms with Gasteiger partial charge in [-0.3, -0.25) is 9.59 Å². The van der Waals surface area contributed by atoms with Crippen LogP contribution in [0.2, 0.25) is 5.02 Å². The summed E-state index contributed by atoms with van der Waals surface area (Å²) in [4.78, 5) is 22.5. The first-order valence-electron chi connectivity index (χ1n) is 3.68. The number of carbonyl (C=O) groups is 2. The molecule has 5 nitrogen and oxygen atoms in total. The van der Waals surface area contributed by atoms with Crippen molar-refractivity contribution in [2.24, 2.45) is 0 Å². The molecule has 0 aromatic heterocycles. The summed E-state index contributed by atoms with van der Waals surface area (Å²) in [5.74, 6) is -1.61. The predicted molar refractivity (Wildman–Crippen MR) is 48.4 cm³/mol. The van der Waals surface area contributed by atoms with Crippen molar-refractivity contribution in [1.29, 1.82) is 5.39 Å². The minimum absolute atomic E-state index is 0.153. The molecule has 0 N–H and O–H groups in total. The van der Waals surface area contributed by atoms with Gasteiger partial charge in [-0.25, -0.2) is 0 Å². The van der Waals surface area contributed by atoms with Gasteiger partial charge < -0.3 is 0 Å². The molecule has 1 aliphatic heterocycles. The Kier molecular flexibility index (Phi) is 1.72. The van der Waals surface area contributed by atoms with Crippen molar-refractivity contribution in [1.82, 2.24) is 0 Å². The van der Waals surface area contributed by atoms with Gasteiger partial charge in [0.15, 0.2) is 0 Å². The summed E-state index contributed by atoms with van der Waals surface area (Å²) in [6.07, 6.45) is 0. The van der Waals surface area contributed by atoms with E-state index in [0.717, 1.165) is 0 Å². The second kappa shape index (κ2) is 2.79. The van der Waals surface area contributed by atoms with Crippen LogP contribution in [-0.4, -0.2) is 11.7 Å². The quantitative estimate of drug-likeness (QED) is 0.481. The van der Waals surface area contributed by atoms with E-state index in [9.17, 15) is 9.59 Å². The van der Waals surface area contributed by atoms with Gasteiger partial charge in [-0.2, -0.15) is 0 Å². The molecule has 0 spiro atoms. The number of ketones is 1. The van der Waals surface area contributed by atoms with Gasteiger partial charge in [-0.15, -0.1) is 0 Å². The number of nitrogens with zero attached hydrogens (tertiary/aromatic N) is 3. The van der Waals surface area contributed by atoms with Crippen LogP contribution >= 0.6 is 11.6 Å². The molecule has 6 heteroatoms. The molecule has 0 bridgehead atoms. The lowest BCUT2D eigenvalue weighted by Crippen LogP contribution is -2.22. The summed E-state index contributed by atoms with van der Waals surface area (Å²) in [7, 11) is 0. The van der Waals surface area contributed by atoms with Crippen LogP contribution in [0, 0.1) is 5.39 Å². The van der Waals surface area contributed by atoms with E-state index in [1.54, 1.807) is 0 Å². The van der Waals surface area contributed by atoms with Crippen LogP contribution in [0.25, 0.3) is 5.08 Å². The summed E-state index contributed by atoms with van der Waals surface area (Å²) < 4.78 is 0. The van der Waals surface area contributed by atoms with Gasteiger partial charge in [0.05, 0.1) is 10.6 Å². The first kappa shape index (κ1) is 8.66. The van der Waals surface area contributed by atoms with Gasteiger partial charge in [-0.05, 0) is 18.2 Å². The third-order valence-corrected chi connectivity index (χ3v) is 2.14. The van der Waals surface area contributed by atoms with Crippen LogP contribution in [0.1, 0.15) is 10.4 Å². The third kappa shape index (κ3) is 0.980. The van der Waals surface area contributed by atoms with Gasteiger partial charge in [0.2, 0.25) is 0 Å². The summed E-state index contributed by atoms with van der Waals surface area (Å²) in [6, 6.07) is 4.31. The van der Waals surface area contributed by atoms with Crippen LogP contribution < -0.4 is 5.01 Å². The van der Waals surface area contributed by atoms with Crippen molar-refractivity contribution in [3.05, 3.63) is 33.9 Å². The molecule has 14 heavy (non-hydrogen) atoms. The van der Waals surface area contributed by atoms with Crippen molar-refractivity contribution in [3.8, 4) is 0 Å². The fourth-order valence-corrected chi connectivity index (χ4v) is 1.46. The largest absolute Gasteiger partial charge is 0.375 e. The van der Waals surface area contributed by atoms with E-state index >= 15 is 0 Å². The molecule has 1 aliphatic rings. The van der Waals surface area contributed by atoms with E-state index in [1.807, 2.05) is 0 Å². The smallest absolute Gasteiger partial charge is 0.283 e. The summed E-state index contributed by atoms with van der Waals surface area (Å²) in [6.45, 7) is 0. The van der Waals surface area contributed by atoms with E-state index < -0.39 is 11.7 Å². The fourth-order valence-electron chi connectivity index (χ4n) is 1.28. The number of diazo groups is 1. The number of benzene rings is 1. The summed E-state index contributed by atoms with van der Waals surface area (Å²) in [5, 5.41) is 12.2. The van der Waals surface area contributed by atoms with Crippen molar-refractivity contribution in [3.63, 3.8) is 0 Å². The molecular formula is C8H3ClN3O2+. The lowest BCUT2D eigenvalue weighted by atomic mass is 10.1. The molecule has 1 amide bonds. The molecular weight excluding hydrogens is 206 g/mol. The van der Waals surface area contributed by atoms with Crippen molar-refractivity contribution in [2.45, 2.75) is 0 Å². The average Bonchev–Trinajstić information content (AvgIpc) is 2.41. The number of hydrogen-bond donors (Lipinski definition) is 0. The van der Waals surface area contributed by atoms with E-state index in [0.29, 0.717) is 10.0 Å². The number of amides is 1. The first-order chi connectivity index (χ1) is 6.65. The molecule has 0 fully saturated rings. The highest BCUT2D eigenvalue weighted by atomic mass is 35.5. The molecule has 0 radical (unpaired) electrons. The highest BCUT2D eigenvalue weighted by Crippen LogP contribution is 2.31. The van der Waals surface area contributed by atoms with Crippen molar-refractivity contribution >= 4 is 29.0 Å². The highest BCUT2D eigenvalue weighted by molar-refractivity contribution is 6.52. The van der Waals surface area contributed by atoms with Gasteiger partial charge in [0, 0.05) is 5.02 Å². The first-order valence-corrected chi connectivity index (χ1v) is 4.06. The molecule has 2 rings (SSSR count). The number of rotatable bonds is 0. The monoisotopic (exact) mass is 208 g/mol. The van der Waals surface area contributed by atoms with Gasteiger partial charge in [0.25, 0.3) is 11.2 Å². The molecule has 68 valence electrons. The van der Waals surface area contributed by atoms with Crippen LogP contribution in [0.3, 0.4) is 0 Å². The molecule has 1 heterocycles.